The van der Waals surface area contributed by atoms with E-state index in [9.17, 15) is 20.1 Å². The first-order chi connectivity index (χ1) is 29.6. The maximum atomic E-state index is 12.5. The van der Waals surface area contributed by atoms with Gasteiger partial charge in [0.2, 0.25) is 5.91 Å². The van der Waals surface area contributed by atoms with Crippen LogP contribution in [-0.4, -0.2) is 46.1 Å². The van der Waals surface area contributed by atoms with Gasteiger partial charge in [0.25, 0.3) is 0 Å². The molecule has 0 rings (SSSR count). The van der Waals surface area contributed by atoms with Gasteiger partial charge in [-0.15, -0.1) is 0 Å². The molecule has 0 aromatic carbocycles. The molecule has 0 heterocycles. The number of aliphatic hydroxyl groups is 3. The maximum absolute atomic E-state index is 12.5. The number of carbonyl (C=O) groups excluding carboxylic acids is 1. The summed E-state index contributed by atoms with van der Waals surface area (Å²) in [6.07, 6.45) is 63.7. The highest BCUT2D eigenvalue weighted by Gasteiger charge is 2.23. The first-order valence-corrected chi connectivity index (χ1v) is 27.1. The van der Waals surface area contributed by atoms with Gasteiger partial charge in [-0.3, -0.25) is 4.79 Å². The minimum Gasteiger partial charge on any atom is -0.394 e. The second kappa shape index (κ2) is 50.5. The van der Waals surface area contributed by atoms with Gasteiger partial charge < -0.3 is 20.6 Å². The van der Waals surface area contributed by atoms with Crippen molar-refractivity contribution in [1.29, 1.82) is 0 Å². The quantitative estimate of drug-likeness (QED) is 0.0363. The van der Waals surface area contributed by atoms with Gasteiger partial charge >= 0.3 is 0 Å². The van der Waals surface area contributed by atoms with Gasteiger partial charge in [-0.1, -0.05) is 276 Å². The number of hydrogen-bond acceptors (Lipinski definition) is 4. The molecule has 5 nitrogen and oxygen atoms in total. The van der Waals surface area contributed by atoms with Gasteiger partial charge in [-0.25, -0.2) is 0 Å². The van der Waals surface area contributed by atoms with E-state index in [0.29, 0.717) is 12.8 Å². The normalized spacial score (nSPS) is 13.5. The van der Waals surface area contributed by atoms with Crippen LogP contribution in [0.4, 0.5) is 0 Å². The molecular weight excluding hydrogens is 739 g/mol. The summed E-state index contributed by atoms with van der Waals surface area (Å²) in [4.78, 5) is 12.5. The molecule has 60 heavy (non-hydrogen) atoms. The fraction of sp³-hybridized carbons (Fsp3) is 0.909. The van der Waals surface area contributed by atoms with Crippen LogP contribution in [0.5, 0.6) is 0 Å². The topological polar surface area (TPSA) is 89.8 Å². The average molecular weight is 846 g/mol. The van der Waals surface area contributed by atoms with Gasteiger partial charge in [0, 0.05) is 0 Å². The highest BCUT2D eigenvalue weighted by atomic mass is 16.3. The molecule has 0 spiro atoms. The van der Waals surface area contributed by atoms with Gasteiger partial charge in [-0.05, 0) is 44.9 Å². The second-order valence-electron chi connectivity index (χ2n) is 18.8. The van der Waals surface area contributed by atoms with Crippen molar-refractivity contribution in [1.82, 2.24) is 5.32 Å². The molecule has 0 saturated carbocycles. The number of unbranched alkanes of at least 4 members (excludes halogenated alkanes) is 38. The molecule has 0 aromatic rings. The lowest BCUT2D eigenvalue weighted by Gasteiger charge is -2.23. The highest BCUT2D eigenvalue weighted by Crippen LogP contribution is 2.17. The van der Waals surface area contributed by atoms with Crippen LogP contribution < -0.4 is 5.32 Å². The predicted molar refractivity (Wildman–Crippen MR) is 264 cm³/mol. The third kappa shape index (κ3) is 44.9. The van der Waals surface area contributed by atoms with E-state index >= 15 is 0 Å². The van der Waals surface area contributed by atoms with Crippen molar-refractivity contribution in [2.75, 3.05) is 6.61 Å². The summed E-state index contributed by atoms with van der Waals surface area (Å²) in [7, 11) is 0. The minimum atomic E-state index is -1.07. The van der Waals surface area contributed by atoms with Crippen LogP contribution in [0.2, 0.25) is 0 Å². The number of hydrogen-bond donors (Lipinski definition) is 4. The van der Waals surface area contributed by atoms with Crippen molar-refractivity contribution in [2.45, 2.75) is 315 Å². The Labute approximate surface area is 375 Å². The number of nitrogens with one attached hydrogen (secondary N) is 1. The molecule has 0 fully saturated rings. The van der Waals surface area contributed by atoms with E-state index in [4.69, 9.17) is 0 Å². The second-order valence-corrected chi connectivity index (χ2v) is 18.8. The van der Waals surface area contributed by atoms with Crippen LogP contribution in [0.3, 0.4) is 0 Å². The Kier molecular flexibility index (Phi) is 49.5. The summed E-state index contributed by atoms with van der Waals surface area (Å²) in [5.41, 5.74) is 0. The third-order valence-corrected chi connectivity index (χ3v) is 12.8. The zero-order chi connectivity index (χ0) is 43.7. The van der Waals surface area contributed by atoms with E-state index in [1.807, 2.05) is 0 Å². The standard InChI is InChI=1S/C55H107NO4/c1-3-5-7-9-11-13-15-17-18-19-20-21-22-23-24-25-26-27-28-29-30-31-32-33-34-35-36-37-38-40-42-44-46-48-50-54(59)55(60)56-52(51-57)53(58)49-47-45-43-41-39-16-14-12-10-8-6-4-2/h22-23,25-26,52-54,57-59H,3-21,24,27-51H2,1-2H3,(H,56,60)/b23-22-,26-25-. The minimum absolute atomic E-state index is 0.311. The molecule has 0 saturated heterocycles. The van der Waals surface area contributed by atoms with Crippen molar-refractivity contribution in [3.05, 3.63) is 24.3 Å². The molecule has 0 radical (unpaired) electrons. The summed E-state index contributed by atoms with van der Waals surface area (Å²) in [5.74, 6) is -0.468. The van der Waals surface area contributed by atoms with Gasteiger partial charge in [0.05, 0.1) is 18.8 Å². The molecule has 0 aromatic heterocycles. The number of aliphatic hydroxyl groups excluding tert-OH is 3. The van der Waals surface area contributed by atoms with Crippen LogP contribution in [0.1, 0.15) is 296 Å². The largest absolute Gasteiger partial charge is 0.394 e. The molecule has 356 valence electrons. The Balaban J connectivity index is 3.47. The van der Waals surface area contributed by atoms with E-state index in [-0.39, 0.29) is 6.61 Å². The fourth-order valence-electron chi connectivity index (χ4n) is 8.58. The first kappa shape index (κ1) is 58.8. The Morgan fingerprint density at radius 1 is 0.400 bits per heavy atom. The van der Waals surface area contributed by atoms with Crippen LogP contribution in [-0.2, 0) is 4.79 Å². The van der Waals surface area contributed by atoms with Gasteiger partial charge in [0.15, 0.2) is 0 Å². The van der Waals surface area contributed by atoms with Crippen molar-refractivity contribution >= 4 is 5.91 Å². The average Bonchev–Trinajstić information content (AvgIpc) is 3.25. The smallest absolute Gasteiger partial charge is 0.249 e. The lowest BCUT2D eigenvalue weighted by Crippen LogP contribution is -2.49. The van der Waals surface area contributed by atoms with Crippen LogP contribution in [0.25, 0.3) is 0 Å². The molecular formula is C55H107NO4. The van der Waals surface area contributed by atoms with Crippen molar-refractivity contribution in [2.24, 2.45) is 0 Å². The van der Waals surface area contributed by atoms with Crippen molar-refractivity contribution < 1.29 is 20.1 Å². The Morgan fingerprint density at radius 3 is 1.00 bits per heavy atom. The van der Waals surface area contributed by atoms with Crippen molar-refractivity contribution in [3.63, 3.8) is 0 Å². The maximum Gasteiger partial charge on any atom is 0.249 e. The number of carbonyl (C=O) groups is 1. The van der Waals surface area contributed by atoms with Crippen LogP contribution in [0.15, 0.2) is 24.3 Å². The molecule has 3 unspecified atom stereocenters. The molecule has 0 aliphatic rings. The van der Waals surface area contributed by atoms with Crippen molar-refractivity contribution in [3.8, 4) is 0 Å². The molecule has 4 N–H and O–H groups in total. The van der Waals surface area contributed by atoms with Crippen LogP contribution in [0, 0.1) is 0 Å². The molecule has 0 bridgehead atoms. The fourth-order valence-corrected chi connectivity index (χ4v) is 8.58. The van der Waals surface area contributed by atoms with E-state index in [1.54, 1.807) is 0 Å². The van der Waals surface area contributed by atoms with E-state index < -0.39 is 24.2 Å². The summed E-state index contributed by atoms with van der Waals surface area (Å²) >= 11 is 0. The van der Waals surface area contributed by atoms with E-state index in [1.165, 1.54) is 231 Å². The number of amides is 1. The summed E-state index contributed by atoms with van der Waals surface area (Å²) in [6.45, 7) is 4.24. The summed E-state index contributed by atoms with van der Waals surface area (Å²) < 4.78 is 0. The highest BCUT2D eigenvalue weighted by molar-refractivity contribution is 5.80. The van der Waals surface area contributed by atoms with Gasteiger partial charge in [0.1, 0.15) is 6.10 Å². The van der Waals surface area contributed by atoms with Gasteiger partial charge in [-0.2, -0.15) is 0 Å². The van der Waals surface area contributed by atoms with E-state index in [0.717, 1.165) is 38.5 Å². The molecule has 0 aliphatic heterocycles. The van der Waals surface area contributed by atoms with Crippen LogP contribution >= 0.6 is 0 Å². The molecule has 0 aliphatic carbocycles. The lowest BCUT2D eigenvalue weighted by atomic mass is 10.0. The monoisotopic (exact) mass is 846 g/mol. The Hall–Kier alpha value is -1.17. The molecule has 5 heteroatoms. The SMILES string of the molecule is CCCCCCCCCCCCC/C=C\C/C=C\CCCCCCCCCCCCCCCCCCC(O)C(=O)NC(CO)C(O)CCCCCCCCCCCCCC. The number of allylic oxidation sites excluding steroid dienone is 4. The zero-order valence-electron chi connectivity index (χ0n) is 40.6. The first-order valence-electron chi connectivity index (χ1n) is 27.1. The molecule has 1 amide bonds. The Bertz CT molecular complexity index is 890. The zero-order valence-corrected chi connectivity index (χ0v) is 40.6. The predicted octanol–water partition coefficient (Wildman–Crippen LogP) is 16.5. The molecule has 3 atom stereocenters. The lowest BCUT2D eigenvalue weighted by molar-refractivity contribution is -0.131. The Morgan fingerprint density at radius 2 is 0.683 bits per heavy atom. The number of rotatable bonds is 50. The summed E-state index contributed by atoms with van der Waals surface area (Å²) in [6, 6.07) is -0.709. The summed E-state index contributed by atoms with van der Waals surface area (Å²) in [5, 5.41) is 33.4. The third-order valence-electron chi connectivity index (χ3n) is 12.8. The van der Waals surface area contributed by atoms with E-state index in [2.05, 4.69) is 43.5 Å².